The van der Waals surface area contributed by atoms with E-state index in [9.17, 15) is 9.59 Å². The molecule has 0 unspecified atom stereocenters. The Hall–Kier alpha value is -2.92. The van der Waals surface area contributed by atoms with E-state index in [0.29, 0.717) is 15.9 Å². The highest BCUT2D eigenvalue weighted by Crippen LogP contribution is 2.27. The van der Waals surface area contributed by atoms with Gasteiger partial charge in [-0.05, 0) is 36.4 Å². The summed E-state index contributed by atoms with van der Waals surface area (Å²) in [7, 11) is 0. The number of hydrogen-bond acceptors (Lipinski definition) is 4. The smallest absolute Gasteiger partial charge is 0.344 e. The number of pyridine rings is 1. The third kappa shape index (κ3) is 3.00. The van der Waals surface area contributed by atoms with Crippen LogP contribution < -0.4 is 4.74 Å². The summed E-state index contributed by atoms with van der Waals surface area (Å²) in [5.74, 6) is -1.65. The first-order valence-electron chi connectivity index (χ1n) is 6.65. The van der Waals surface area contributed by atoms with Crippen molar-refractivity contribution >= 4 is 34.4 Å². The Morgan fingerprint density at radius 3 is 2.52 bits per heavy atom. The molecule has 1 aromatic heterocycles. The number of aromatic nitrogens is 1. The molecule has 0 spiro atoms. The second-order valence-corrected chi connectivity index (χ2v) is 5.15. The van der Waals surface area contributed by atoms with Crippen LogP contribution in [0, 0.1) is 0 Å². The molecule has 23 heavy (non-hydrogen) atoms. The van der Waals surface area contributed by atoms with Crippen LogP contribution in [0.5, 0.6) is 5.75 Å². The van der Waals surface area contributed by atoms with Crippen LogP contribution in [0.15, 0.2) is 54.7 Å². The average Bonchev–Trinajstić information content (AvgIpc) is 2.54. The van der Waals surface area contributed by atoms with Crippen LogP contribution in [0.3, 0.4) is 0 Å². The van der Waals surface area contributed by atoms with Gasteiger partial charge in [-0.1, -0.05) is 23.7 Å². The molecular weight excluding hydrogens is 318 g/mol. The summed E-state index contributed by atoms with van der Waals surface area (Å²) in [6.45, 7) is 0. The molecule has 114 valence electrons. The minimum Gasteiger partial charge on any atom is -0.478 e. The van der Waals surface area contributed by atoms with Gasteiger partial charge in [-0.3, -0.25) is 4.98 Å². The number of carbonyl (C=O) groups is 2. The standard InChI is InChI=1S/C17H10ClNO4/c18-10-5-6-13-14(9-10)19-8-7-15(13)23-17(22)12-4-2-1-3-11(12)16(20)21/h1-9H,(H,20,21). The number of carboxylic acids is 1. The predicted molar refractivity (Wildman–Crippen MR) is 85.1 cm³/mol. The van der Waals surface area contributed by atoms with E-state index in [1.807, 2.05) is 0 Å². The average molecular weight is 328 g/mol. The SMILES string of the molecule is O=C(O)c1ccccc1C(=O)Oc1ccnc2cc(Cl)ccc12. The van der Waals surface area contributed by atoms with E-state index < -0.39 is 11.9 Å². The van der Waals surface area contributed by atoms with Gasteiger partial charge in [-0.15, -0.1) is 0 Å². The first-order valence-corrected chi connectivity index (χ1v) is 7.03. The molecule has 3 aromatic rings. The topological polar surface area (TPSA) is 76.5 Å². The molecule has 0 aliphatic heterocycles. The maximum Gasteiger partial charge on any atom is 0.344 e. The number of rotatable bonds is 3. The lowest BCUT2D eigenvalue weighted by atomic mass is 10.1. The number of benzene rings is 2. The van der Waals surface area contributed by atoms with Crippen molar-refractivity contribution in [2.45, 2.75) is 0 Å². The maximum atomic E-state index is 12.3. The van der Waals surface area contributed by atoms with Crippen molar-refractivity contribution in [1.82, 2.24) is 4.98 Å². The zero-order valence-electron chi connectivity index (χ0n) is 11.7. The molecule has 2 aromatic carbocycles. The minimum absolute atomic E-state index is 0.0149. The Kier molecular flexibility index (Phi) is 3.95. The molecule has 0 aliphatic carbocycles. The van der Waals surface area contributed by atoms with Crippen LogP contribution in [0.4, 0.5) is 0 Å². The highest BCUT2D eigenvalue weighted by atomic mass is 35.5. The van der Waals surface area contributed by atoms with Crippen molar-refractivity contribution in [2.24, 2.45) is 0 Å². The van der Waals surface area contributed by atoms with Crippen molar-refractivity contribution < 1.29 is 19.4 Å². The van der Waals surface area contributed by atoms with Crippen molar-refractivity contribution in [1.29, 1.82) is 0 Å². The lowest BCUT2D eigenvalue weighted by Gasteiger charge is -2.09. The first-order chi connectivity index (χ1) is 11.1. The fraction of sp³-hybridized carbons (Fsp3) is 0. The number of nitrogens with zero attached hydrogens (tertiary/aromatic N) is 1. The molecule has 6 heteroatoms. The van der Waals surface area contributed by atoms with E-state index in [-0.39, 0.29) is 16.9 Å². The Morgan fingerprint density at radius 2 is 1.78 bits per heavy atom. The highest BCUT2D eigenvalue weighted by Gasteiger charge is 2.18. The summed E-state index contributed by atoms with van der Waals surface area (Å²) in [6, 6.07) is 12.4. The van der Waals surface area contributed by atoms with Crippen molar-refractivity contribution in [3.8, 4) is 5.75 Å². The summed E-state index contributed by atoms with van der Waals surface area (Å²) in [5.41, 5.74) is 0.451. The molecule has 0 amide bonds. The number of fused-ring (bicyclic) bond motifs is 1. The molecule has 0 saturated carbocycles. The molecule has 0 bridgehead atoms. The van der Waals surface area contributed by atoms with Crippen molar-refractivity contribution in [2.75, 3.05) is 0 Å². The number of carbonyl (C=O) groups excluding carboxylic acids is 1. The molecule has 0 atom stereocenters. The van der Waals surface area contributed by atoms with Gasteiger partial charge >= 0.3 is 11.9 Å². The van der Waals surface area contributed by atoms with E-state index in [0.717, 1.165) is 0 Å². The van der Waals surface area contributed by atoms with Gasteiger partial charge in [-0.25, -0.2) is 9.59 Å². The first kappa shape index (κ1) is 15.0. The van der Waals surface area contributed by atoms with Gasteiger partial charge in [0.15, 0.2) is 0 Å². The molecular formula is C17H10ClNO4. The monoisotopic (exact) mass is 327 g/mol. The van der Waals surface area contributed by atoms with E-state index >= 15 is 0 Å². The Bertz CT molecular complexity index is 923. The Balaban J connectivity index is 2.00. The second-order valence-electron chi connectivity index (χ2n) is 4.71. The summed E-state index contributed by atoms with van der Waals surface area (Å²) < 4.78 is 5.36. The molecule has 0 radical (unpaired) electrons. The fourth-order valence-corrected chi connectivity index (χ4v) is 2.35. The quantitative estimate of drug-likeness (QED) is 0.740. The fourth-order valence-electron chi connectivity index (χ4n) is 2.19. The second kappa shape index (κ2) is 6.06. The molecule has 0 saturated heterocycles. The largest absolute Gasteiger partial charge is 0.478 e. The summed E-state index contributed by atoms with van der Waals surface area (Å²) in [5, 5.41) is 10.3. The van der Waals surface area contributed by atoms with Crippen LogP contribution in [0.1, 0.15) is 20.7 Å². The highest BCUT2D eigenvalue weighted by molar-refractivity contribution is 6.31. The van der Waals surface area contributed by atoms with Gasteiger partial charge in [0, 0.05) is 16.6 Å². The molecule has 0 aliphatic rings. The van der Waals surface area contributed by atoms with Gasteiger partial charge in [0.25, 0.3) is 0 Å². The maximum absolute atomic E-state index is 12.3. The molecule has 1 heterocycles. The van der Waals surface area contributed by atoms with Gasteiger partial charge in [0.05, 0.1) is 16.6 Å². The van der Waals surface area contributed by atoms with Crippen LogP contribution in [0.25, 0.3) is 10.9 Å². The lowest BCUT2D eigenvalue weighted by Crippen LogP contribution is -2.14. The number of esters is 1. The zero-order chi connectivity index (χ0) is 16.4. The molecule has 1 N–H and O–H groups in total. The third-order valence-corrected chi connectivity index (χ3v) is 3.48. The number of aromatic carboxylic acids is 1. The van der Waals surface area contributed by atoms with Crippen LogP contribution in [-0.4, -0.2) is 22.0 Å². The zero-order valence-corrected chi connectivity index (χ0v) is 12.4. The normalized spacial score (nSPS) is 10.5. The molecule has 0 fully saturated rings. The van der Waals surface area contributed by atoms with E-state index in [4.69, 9.17) is 21.4 Å². The summed E-state index contributed by atoms with van der Waals surface area (Å²) in [6.07, 6.45) is 1.49. The number of ether oxygens (including phenoxy) is 1. The van der Waals surface area contributed by atoms with E-state index in [1.54, 1.807) is 30.3 Å². The molecule has 3 rings (SSSR count). The van der Waals surface area contributed by atoms with Crippen LogP contribution in [-0.2, 0) is 0 Å². The number of carboxylic acid groups (broad SMARTS) is 1. The Labute approximate surface area is 136 Å². The van der Waals surface area contributed by atoms with Gasteiger partial charge in [0.1, 0.15) is 5.75 Å². The lowest BCUT2D eigenvalue weighted by molar-refractivity contribution is 0.0668. The van der Waals surface area contributed by atoms with Crippen molar-refractivity contribution in [3.05, 3.63) is 70.9 Å². The van der Waals surface area contributed by atoms with Gasteiger partial charge in [-0.2, -0.15) is 0 Å². The summed E-state index contributed by atoms with van der Waals surface area (Å²) in [4.78, 5) is 27.7. The predicted octanol–water partition coefficient (Wildman–Crippen LogP) is 3.81. The number of hydrogen-bond donors (Lipinski definition) is 1. The van der Waals surface area contributed by atoms with E-state index in [2.05, 4.69) is 4.98 Å². The van der Waals surface area contributed by atoms with Crippen LogP contribution >= 0.6 is 11.6 Å². The third-order valence-electron chi connectivity index (χ3n) is 3.24. The minimum atomic E-state index is -1.19. The Morgan fingerprint density at radius 1 is 1.04 bits per heavy atom. The molecule has 5 nitrogen and oxygen atoms in total. The van der Waals surface area contributed by atoms with Crippen LogP contribution in [0.2, 0.25) is 5.02 Å². The van der Waals surface area contributed by atoms with Gasteiger partial charge in [0.2, 0.25) is 0 Å². The van der Waals surface area contributed by atoms with Crippen molar-refractivity contribution in [3.63, 3.8) is 0 Å². The summed E-state index contributed by atoms with van der Waals surface area (Å²) >= 11 is 5.92. The number of halogens is 1. The van der Waals surface area contributed by atoms with E-state index in [1.165, 1.54) is 24.4 Å². The van der Waals surface area contributed by atoms with Gasteiger partial charge < -0.3 is 9.84 Å².